The van der Waals surface area contributed by atoms with Gasteiger partial charge in [0.05, 0.1) is 18.0 Å². The third-order valence-corrected chi connectivity index (χ3v) is 1.97. The van der Waals surface area contributed by atoms with Crippen LogP contribution in [0.5, 0.6) is 0 Å². The Morgan fingerprint density at radius 3 is 3.17 bits per heavy atom. The average Bonchev–Trinajstić information content (AvgIpc) is 2.49. The van der Waals surface area contributed by atoms with E-state index >= 15 is 0 Å². The Hall–Kier alpha value is -1.35. The number of nitrogens with zero attached hydrogens (tertiary/aromatic N) is 2. The summed E-state index contributed by atoms with van der Waals surface area (Å²) in [4.78, 5) is 4.05. The highest BCUT2D eigenvalue weighted by atomic mass is 15.0. The molecule has 0 saturated carbocycles. The molecular formula is C9H11N3. The molecule has 0 aliphatic rings. The zero-order valence-electron chi connectivity index (χ0n) is 6.94. The first-order valence-electron chi connectivity index (χ1n) is 3.95. The fourth-order valence-corrected chi connectivity index (χ4v) is 1.36. The normalized spacial score (nSPS) is 13.5. The molecule has 0 aliphatic heterocycles. The van der Waals surface area contributed by atoms with Gasteiger partial charge in [0, 0.05) is 12.2 Å². The molecule has 0 aromatic carbocycles. The van der Waals surface area contributed by atoms with Gasteiger partial charge in [0.1, 0.15) is 0 Å². The maximum atomic E-state index is 5.80. The number of rotatable bonds is 1. The van der Waals surface area contributed by atoms with Crippen LogP contribution in [0.4, 0.5) is 0 Å². The second-order valence-corrected chi connectivity index (χ2v) is 2.94. The second-order valence-electron chi connectivity index (χ2n) is 2.94. The molecule has 2 heterocycles. The summed E-state index contributed by atoms with van der Waals surface area (Å²) in [7, 11) is 0. The van der Waals surface area contributed by atoms with Crippen LogP contribution in [0.1, 0.15) is 18.5 Å². The van der Waals surface area contributed by atoms with Crippen molar-refractivity contribution in [3.05, 3.63) is 36.4 Å². The third kappa shape index (κ3) is 0.987. The Morgan fingerprint density at radius 2 is 2.42 bits per heavy atom. The molecule has 0 spiro atoms. The van der Waals surface area contributed by atoms with E-state index in [-0.39, 0.29) is 6.04 Å². The van der Waals surface area contributed by atoms with Crippen LogP contribution in [-0.4, -0.2) is 9.38 Å². The van der Waals surface area contributed by atoms with Crippen LogP contribution < -0.4 is 5.73 Å². The SMILES string of the molecule is CC(N)c1cccn2cncc12. The fraction of sp³-hybridized carbons (Fsp3) is 0.222. The summed E-state index contributed by atoms with van der Waals surface area (Å²) in [6.07, 6.45) is 5.58. The van der Waals surface area contributed by atoms with Crippen LogP contribution in [0.3, 0.4) is 0 Å². The Morgan fingerprint density at radius 1 is 1.58 bits per heavy atom. The van der Waals surface area contributed by atoms with Gasteiger partial charge < -0.3 is 10.1 Å². The second kappa shape index (κ2) is 2.60. The Kier molecular flexibility index (Phi) is 1.59. The minimum Gasteiger partial charge on any atom is -0.324 e. The quantitative estimate of drug-likeness (QED) is 0.686. The predicted molar refractivity (Wildman–Crippen MR) is 47.8 cm³/mol. The van der Waals surface area contributed by atoms with E-state index in [2.05, 4.69) is 4.98 Å². The number of hydrogen-bond acceptors (Lipinski definition) is 2. The number of aromatic nitrogens is 2. The van der Waals surface area contributed by atoms with Crippen molar-refractivity contribution in [2.45, 2.75) is 13.0 Å². The Bertz CT molecular complexity index is 389. The lowest BCUT2D eigenvalue weighted by molar-refractivity contribution is 0.820. The van der Waals surface area contributed by atoms with Crippen molar-refractivity contribution in [1.82, 2.24) is 9.38 Å². The first-order valence-corrected chi connectivity index (χ1v) is 3.95. The van der Waals surface area contributed by atoms with Crippen LogP contribution in [0.25, 0.3) is 5.52 Å². The summed E-state index contributed by atoms with van der Waals surface area (Å²) in [5.41, 5.74) is 8.02. The highest BCUT2D eigenvalue weighted by Crippen LogP contribution is 2.15. The molecule has 0 aliphatic carbocycles. The van der Waals surface area contributed by atoms with Gasteiger partial charge >= 0.3 is 0 Å². The Labute approximate surface area is 70.8 Å². The van der Waals surface area contributed by atoms with E-state index in [1.165, 1.54) is 0 Å². The molecule has 0 amide bonds. The monoisotopic (exact) mass is 161 g/mol. The number of nitrogens with two attached hydrogens (primary N) is 1. The maximum absolute atomic E-state index is 5.80. The first kappa shape index (κ1) is 7.31. The number of imidazole rings is 1. The third-order valence-electron chi connectivity index (χ3n) is 1.97. The van der Waals surface area contributed by atoms with Crippen LogP contribution in [0.2, 0.25) is 0 Å². The van der Waals surface area contributed by atoms with E-state index in [1.807, 2.05) is 35.9 Å². The Balaban J connectivity index is 2.73. The minimum atomic E-state index is 0.0606. The van der Waals surface area contributed by atoms with Crippen LogP contribution >= 0.6 is 0 Å². The molecule has 0 fully saturated rings. The van der Waals surface area contributed by atoms with Gasteiger partial charge in [-0.1, -0.05) is 6.07 Å². The van der Waals surface area contributed by atoms with E-state index in [1.54, 1.807) is 6.33 Å². The lowest BCUT2D eigenvalue weighted by Gasteiger charge is -2.06. The van der Waals surface area contributed by atoms with Crippen LogP contribution in [0.15, 0.2) is 30.9 Å². The largest absolute Gasteiger partial charge is 0.324 e. The topological polar surface area (TPSA) is 43.3 Å². The molecule has 3 nitrogen and oxygen atoms in total. The molecule has 62 valence electrons. The van der Waals surface area contributed by atoms with Gasteiger partial charge in [0.15, 0.2) is 0 Å². The molecule has 2 rings (SSSR count). The predicted octanol–water partition coefficient (Wildman–Crippen LogP) is 1.35. The fourth-order valence-electron chi connectivity index (χ4n) is 1.36. The summed E-state index contributed by atoms with van der Waals surface area (Å²) in [5.74, 6) is 0. The molecule has 1 atom stereocenters. The van der Waals surface area contributed by atoms with Gasteiger partial charge in [-0.2, -0.15) is 0 Å². The van der Waals surface area contributed by atoms with E-state index < -0.39 is 0 Å². The lowest BCUT2D eigenvalue weighted by atomic mass is 10.1. The number of fused-ring (bicyclic) bond motifs is 1. The highest BCUT2D eigenvalue weighted by Gasteiger charge is 2.04. The summed E-state index contributed by atoms with van der Waals surface area (Å²) >= 11 is 0. The summed E-state index contributed by atoms with van der Waals surface area (Å²) in [5, 5.41) is 0. The molecule has 2 aromatic rings. The van der Waals surface area contributed by atoms with Crippen LogP contribution in [0, 0.1) is 0 Å². The van der Waals surface area contributed by atoms with Gasteiger partial charge in [-0.15, -0.1) is 0 Å². The van der Waals surface area contributed by atoms with Crippen molar-refractivity contribution in [3.8, 4) is 0 Å². The van der Waals surface area contributed by atoms with Crippen molar-refractivity contribution >= 4 is 5.52 Å². The van der Waals surface area contributed by atoms with Crippen LogP contribution in [-0.2, 0) is 0 Å². The summed E-state index contributed by atoms with van der Waals surface area (Å²) in [6.45, 7) is 1.97. The molecule has 0 saturated heterocycles. The van der Waals surface area contributed by atoms with E-state index in [4.69, 9.17) is 5.73 Å². The zero-order chi connectivity index (χ0) is 8.55. The minimum absolute atomic E-state index is 0.0606. The summed E-state index contributed by atoms with van der Waals surface area (Å²) < 4.78 is 1.97. The van der Waals surface area contributed by atoms with Gasteiger partial charge in [-0.05, 0) is 18.6 Å². The average molecular weight is 161 g/mol. The smallest absolute Gasteiger partial charge is 0.0992 e. The molecule has 1 unspecified atom stereocenters. The van der Waals surface area contributed by atoms with E-state index in [0.717, 1.165) is 11.1 Å². The summed E-state index contributed by atoms with van der Waals surface area (Å²) in [6, 6.07) is 4.07. The van der Waals surface area contributed by atoms with E-state index in [0.29, 0.717) is 0 Å². The molecular weight excluding hydrogens is 150 g/mol. The van der Waals surface area contributed by atoms with Gasteiger partial charge in [0.2, 0.25) is 0 Å². The number of hydrogen-bond donors (Lipinski definition) is 1. The first-order chi connectivity index (χ1) is 5.79. The van der Waals surface area contributed by atoms with Crippen molar-refractivity contribution in [3.63, 3.8) is 0 Å². The molecule has 2 N–H and O–H groups in total. The van der Waals surface area contributed by atoms with Gasteiger partial charge in [0.25, 0.3) is 0 Å². The standard InChI is InChI=1S/C9H11N3/c1-7(10)8-3-2-4-12-6-11-5-9(8)12/h2-7H,10H2,1H3. The highest BCUT2D eigenvalue weighted by molar-refractivity contribution is 5.54. The molecule has 0 radical (unpaired) electrons. The molecule has 12 heavy (non-hydrogen) atoms. The molecule has 3 heteroatoms. The lowest BCUT2D eigenvalue weighted by Crippen LogP contribution is -2.06. The number of pyridine rings is 1. The van der Waals surface area contributed by atoms with Crippen molar-refractivity contribution in [1.29, 1.82) is 0 Å². The van der Waals surface area contributed by atoms with Crippen molar-refractivity contribution in [2.75, 3.05) is 0 Å². The van der Waals surface area contributed by atoms with E-state index in [9.17, 15) is 0 Å². The van der Waals surface area contributed by atoms with Crippen molar-refractivity contribution < 1.29 is 0 Å². The molecule has 2 aromatic heterocycles. The maximum Gasteiger partial charge on any atom is 0.0992 e. The van der Waals surface area contributed by atoms with Gasteiger partial charge in [-0.25, -0.2) is 4.98 Å². The molecule has 0 bridgehead atoms. The van der Waals surface area contributed by atoms with Gasteiger partial charge in [-0.3, -0.25) is 0 Å². The zero-order valence-corrected chi connectivity index (χ0v) is 6.94. The van der Waals surface area contributed by atoms with Crippen molar-refractivity contribution in [2.24, 2.45) is 5.73 Å².